The number of alkyl halides is 3. The monoisotopic (exact) mass is 323 g/mol. The average Bonchev–Trinajstić information content (AvgIpc) is 2.69. The molecule has 2 N–H and O–H groups in total. The number of rotatable bonds is 4. The first-order chi connectivity index (χ1) is 9.68. The van der Waals surface area contributed by atoms with Gasteiger partial charge in [-0.05, 0) is 24.1 Å². The van der Waals surface area contributed by atoms with Crippen molar-refractivity contribution in [3.05, 3.63) is 34.9 Å². The second kappa shape index (κ2) is 6.12. The number of aliphatic hydroxyl groups is 2. The third-order valence-electron chi connectivity index (χ3n) is 3.64. The smallest absolute Gasteiger partial charge is 0.388 e. The highest BCUT2D eigenvalue weighted by Crippen LogP contribution is 2.28. The molecule has 1 heterocycles. The van der Waals surface area contributed by atoms with Crippen LogP contribution >= 0.6 is 11.6 Å². The Bertz CT molecular complexity index is 497. The van der Waals surface area contributed by atoms with Gasteiger partial charge in [0.15, 0.2) is 6.10 Å². The fourth-order valence-corrected chi connectivity index (χ4v) is 2.83. The van der Waals surface area contributed by atoms with Gasteiger partial charge in [-0.1, -0.05) is 23.7 Å². The van der Waals surface area contributed by atoms with Gasteiger partial charge < -0.3 is 10.2 Å². The summed E-state index contributed by atoms with van der Waals surface area (Å²) in [5.74, 6) is 0. The molecule has 7 heteroatoms. The molecule has 1 aliphatic heterocycles. The van der Waals surface area contributed by atoms with Crippen molar-refractivity contribution in [3.63, 3.8) is 0 Å². The van der Waals surface area contributed by atoms with Crippen LogP contribution in [0, 0.1) is 0 Å². The fourth-order valence-electron chi connectivity index (χ4n) is 2.62. The van der Waals surface area contributed by atoms with E-state index < -0.39 is 24.4 Å². The van der Waals surface area contributed by atoms with Crippen molar-refractivity contribution in [2.75, 3.05) is 19.6 Å². The zero-order chi connectivity index (χ0) is 15.7. The SMILES string of the molecule is O[C@H](CN1CC[C@](O)(Cc2cccc(Cl)c2)C1)C(F)(F)F. The summed E-state index contributed by atoms with van der Waals surface area (Å²) in [6.07, 6.45) is -6.32. The lowest BCUT2D eigenvalue weighted by molar-refractivity contribution is -0.207. The van der Waals surface area contributed by atoms with E-state index in [0.29, 0.717) is 24.4 Å². The molecule has 0 aromatic heterocycles. The molecule has 1 aromatic rings. The highest BCUT2D eigenvalue weighted by atomic mass is 35.5. The highest BCUT2D eigenvalue weighted by Gasteiger charge is 2.43. The maximum Gasteiger partial charge on any atom is 0.415 e. The van der Waals surface area contributed by atoms with Gasteiger partial charge in [-0.2, -0.15) is 13.2 Å². The van der Waals surface area contributed by atoms with Gasteiger partial charge in [-0.25, -0.2) is 0 Å². The summed E-state index contributed by atoms with van der Waals surface area (Å²) in [6, 6.07) is 7.03. The van der Waals surface area contributed by atoms with Gasteiger partial charge in [0, 0.05) is 31.1 Å². The van der Waals surface area contributed by atoms with Gasteiger partial charge in [0.1, 0.15) is 0 Å². The van der Waals surface area contributed by atoms with Crippen molar-refractivity contribution in [3.8, 4) is 0 Å². The second-order valence-corrected chi connectivity index (χ2v) is 6.01. The molecule has 1 aromatic carbocycles. The Balaban J connectivity index is 1.94. The first-order valence-electron chi connectivity index (χ1n) is 6.62. The van der Waals surface area contributed by atoms with E-state index in [1.165, 1.54) is 4.90 Å². The number of hydrogen-bond donors (Lipinski definition) is 2. The maximum absolute atomic E-state index is 12.3. The second-order valence-electron chi connectivity index (χ2n) is 5.57. The van der Waals surface area contributed by atoms with Crippen LogP contribution in [0.4, 0.5) is 13.2 Å². The molecule has 1 saturated heterocycles. The van der Waals surface area contributed by atoms with Crippen LogP contribution in [-0.4, -0.2) is 52.6 Å². The highest BCUT2D eigenvalue weighted by molar-refractivity contribution is 6.30. The normalized spacial score (nSPS) is 25.2. The molecule has 0 amide bonds. The van der Waals surface area contributed by atoms with E-state index in [0.717, 1.165) is 5.56 Å². The summed E-state index contributed by atoms with van der Waals surface area (Å²) in [4.78, 5) is 1.43. The lowest BCUT2D eigenvalue weighted by Gasteiger charge is -2.25. The van der Waals surface area contributed by atoms with Crippen LogP contribution < -0.4 is 0 Å². The standard InChI is InChI=1S/C14H17ClF3NO2/c15-11-3-1-2-10(6-11)7-13(21)4-5-19(9-13)8-12(20)14(16,17)18/h1-3,6,12,20-21H,4-5,7-9H2/t12-,13+/m1/s1. The van der Waals surface area contributed by atoms with Crippen LogP contribution in [0.15, 0.2) is 24.3 Å². The van der Waals surface area contributed by atoms with Crippen molar-refractivity contribution in [2.45, 2.75) is 30.7 Å². The Kier molecular flexibility index (Phi) is 4.82. The third-order valence-corrected chi connectivity index (χ3v) is 3.88. The predicted molar refractivity (Wildman–Crippen MR) is 73.2 cm³/mol. The van der Waals surface area contributed by atoms with Crippen LogP contribution in [0.25, 0.3) is 0 Å². The molecular formula is C14H17ClF3NO2. The first-order valence-corrected chi connectivity index (χ1v) is 7.00. The third kappa shape index (κ3) is 4.57. The number of halogens is 4. The van der Waals surface area contributed by atoms with E-state index in [9.17, 15) is 18.3 Å². The van der Waals surface area contributed by atoms with Crippen molar-refractivity contribution < 1.29 is 23.4 Å². The Labute approximate surface area is 125 Å². The zero-order valence-electron chi connectivity index (χ0n) is 11.3. The van der Waals surface area contributed by atoms with E-state index in [1.54, 1.807) is 18.2 Å². The lowest BCUT2D eigenvalue weighted by atomic mass is 9.94. The molecule has 2 rings (SSSR count). The molecule has 0 radical (unpaired) electrons. The molecule has 3 nitrogen and oxygen atoms in total. The number of nitrogens with zero attached hydrogens (tertiary/aromatic N) is 1. The molecule has 2 atom stereocenters. The molecule has 0 spiro atoms. The largest absolute Gasteiger partial charge is 0.415 e. The van der Waals surface area contributed by atoms with Gasteiger partial charge in [0.05, 0.1) is 5.60 Å². The van der Waals surface area contributed by atoms with E-state index in [1.807, 2.05) is 6.07 Å². The van der Waals surface area contributed by atoms with Crippen LogP contribution in [0.5, 0.6) is 0 Å². The summed E-state index contributed by atoms with van der Waals surface area (Å²) in [5.41, 5.74) is -0.251. The summed E-state index contributed by atoms with van der Waals surface area (Å²) in [6.45, 7) is -0.0851. The number of benzene rings is 1. The Morgan fingerprint density at radius 3 is 2.71 bits per heavy atom. The minimum absolute atomic E-state index is 0.104. The van der Waals surface area contributed by atoms with E-state index >= 15 is 0 Å². The van der Waals surface area contributed by atoms with E-state index in [4.69, 9.17) is 16.7 Å². The Morgan fingerprint density at radius 2 is 2.10 bits per heavy atom. The van der Waals surface area contributed by atoms with Gasteiger partial charge in [-0.3, -0.25) is 4.90 Å². The van der Waals surface area contributed by atoms with Gasteiger partial charge >= 0.3 is 6.18 Å². The average molecular weight is 324 g/mol. The van der Waals surface area contributed by atoms with Gasteiger partial charge in [0.2, 0.25) is 0 Å². The van der Waals surface area contributed by atoms with Gasteiger partial charge in [0.25, 0.3) is 0 Å². The summed E-state index contributed by atoms with van der Waals surface area (Å²) < 4.78 is 37.0. The molecule has 0 aliphatic carbocycles. The van der Waals surface area contributed by atoms with Crippen LogP contribution in [-0.2, 0) is 6.42 Å². The predicted octanol–water partition coefficient (Wildman–Crippen LogP) is 2.24. The molecule has 118 valence electrons. The van der Waals surface area contributed by atoms with Crippen molar-refractivity contribution in [1.82, 2.24) is 4.90 Å². The minimum Gasteiger partial charge on any atom is -0.388 e. The van der Waals surface area contributed by atoms with Crippen LogP contribution in [0.2, 0.25) is 5.02 Å². The Morgan fingerprint density at radius 1 is 1.38 bits per heavy atom. The van der Waals surface area contributed by atoms with E-state index in [-0.39, 0.29) is 6.54 Å². The first kappa shape index (κ1) is 16.5. The number of aliphatic hydroxyl groups excluding tert-OH is 1. The molecule has 0 bridgehead atoms. The van der Waals surface area contributed by atoms with Crippen LogP contribution in [0.1, 0.15) is 12.0 Å². The maximum atomic E-state index is 12.3. The summed E-state index contributed by atoms with van der Waals surface area (Å²) in [5, 5.41) is 20.1. The van der Waals surface area contributed by atoms with E-state index in [2.05, 4.69) is 0 Å². The van der Waals surface area contributed by atoms with Crippen molar-refractivity contribution >= 4 is 11.6 Å². The zero-order valence-corrected chi connectivity index (χ0v) is 12.0. The lowest BCUT2D eigenvalue weighted by Crippen LogP contribution is -2.42. The fraction of sp³-hybridized carbons (Fsp3) is 0.571. The van der Waals surface area contributed by atoms with Crippen molar-refractivity contribution in [2.24, 2.45) is 0 Å². The Hall–Kier alpha value is -0.820. The molecule has 1 fully saturated rings. The quantitative estimate of drug-likeness (QED) is 0.893. The van der Waals surface area contributed by atoms with Crippen molar-refractivity contribution in [1.29, 1.82) is 0 Å². The number of likely N-dealkylation sites (tertiary alicyclic amines) is 1. The minimum atomic E-state index is -4.63. The van der Waals surface area contributed by atoms with Gasteiger partial charge in [-0.15, -0.1) is 0 Å². The van der Waals surface area contributed by atoms with Crippen LogP contribution in [0.3, 0.4) is 0 Å². The molecule has 0 saturated carbocycles. The molecule has 21 heavy (non-hydrogen) atoms. The topological polar surface area (TPSA) is 43.7 Å². The summed E-state index contributed by atoms with van der Waals surface area (Å²) in [7, 11) is 0. The number of β-amino-alcohol motifs (C(OH)–C–C–N with tert-alkyl or cyclic N) is 2. The summed E-state index contributed by atoms with van der Waals surface area (Å²) >= 11 is 5.87. The molecular weight excluding hydrogens is 307 g/mol. The number of hydrogen-bond acceptors (Lipinski definition) is 3. The molecule has 0 unspecified atom stereocenters. The molecule has 1 aliphatic rings.